The molecule has 8 heteroatoms. The van der Waals surface area contributed by atoms with E-state index in [0.717, 1.165) is 19.3 Å². The molecule has 1 fully saturated rings. The molecule has 1 atom stereocenters. The Balaban J connectivity index is 1.87. The number of nitrogens with one attached hydrogen (secondary N) is 1. The fraction of sp³-hybridized carbons (Fsp3) is 0.467. The monoisotopic (exact) mass is 335 g/mol. The number of rotatable bonds is 4. The van der Waals surface area contributed by atoms with Gasteiger partial charge in [0.2, 0.25) is 0 Å². The van der Waals surface area contributed by atoms with Crippen molar-refractivity contribution in [2.45, 2.75) is 38.8 Å². The number of carbonyl (C=O) groups excluding carboxylic acids is 1. The fourth-order valence-electron chi connectivity index (χ4n) is 2.93. The van der Waals surface area contributed by atoms with Gasteiger partial charge in [-0.3, -0.25) is 9.48 Å². The first-order chi connectivity index (χ1) is 11.1. The summed E-state index contributed by atoms with van der Waals surface area (Å²) in [5.41, 5.74) is 0.551. The first kappa shape index (κ1) is 15.7. The molecule has 0 saturated carbocycles. The second-order valence-electron chi connectivity index (χ2n) is 5.58. The number of H-pyrrole nitrogens is 1. The molecular weight excluding hydrogens is 318 g/mol. The van der Waals surface area contributed by atoms with Crippen molar-refractivity contribution in [3.8, 4) is 0 Å². The molecule has 1 N–H and O–H groups in total. The molecule has 1 amide bonds. The molecule has 3 rings (SSSR count). The molecule has 2 aromatic heterocycles. The minimum Gasteiger partial charge on any atom is -0.329 e. The van der Waals surface area contributed by atoms with Gasteiger partial charge in [0.05, 0.1) is 11.1 Å². The Morgan fingerprint density at radius 3 is 3.09 bits per heavy atom. The predicted molar refractivity (Wildman–Crippen MR) is 85.4 cm³/mol. The molecule has 1 aliphatic heterocycles. The molecule has 1 saturated heterocycles. The Bertz CT molecular complexity index is 769. The van der Waals surface area contributed by atoms with Crippen LogP contribution in [0.3, 0.4) is 0 Å². The minimum atomic E-state index is -0.410. The minimum absolute atomic E-state index is 0.175. The van der Waals surface area contributed by atoms with Crippen LogP contribution in [0.15, 0.2) is 23.3 Å². The molecule has 2 aromatic rings. The summed E-state index contributed by atoms with van der Waals surface area (Å²) in [4.78, 5) is 32.3. The van der Waals surface area contributed by atoms with Gasteiger partial charge >= 0.3 is 5.69 Å². The van der Waals surface area contributed by atoms with Gasteiger partial charge in [-0.2, -0.15) is 5.10 Å². The van der Waals surface area contributed by atoms with Crippen LogP contribution < -0.4 is 5.69 Å². The maximum absolute atomic E-state index is 12.8. The van der Waals surface area contributed by atoms with Gasteiger partial charge in [0.25, 0.3) is 5.91 Å². The van der Waals surface area contributed by atoms with Crippen LogP contribution in [-0.4, -0.2) is 37.1 Å². The Hall–Kier alpha value is -2.15. The fourth-order valence-corrected chi connectivity index (χ4v) is 3.16. The van der Waals surface area contributed by atoms with Gasteiger partial charge in [-0.15, -0.1) is 0 Å². The summed E-state index contributed by atoms with van der Waals surface area (Å²) in [6, 6.07) is 1.56. The van der Waals surface area contributed by atoms with Crippen LogP contribution in [-0.2, 0) is 6.54 Å². The molecule has 0 aliphatic carbocycles. The van der Waals surface area contributed by atoms with Crippen molar-refractivity contribution in [3.63, 3.8) is 0 Å². The molecule has 0 unspecified atom stereocenters. The van der Waals surface area contributed by atoms with E-state index in [0.29, 0.717) is 23.8 Å². The van der Waals surface area contributed by atoms with E-state index in [9.17, 15) is 9.59 Å². The lowest BCUT2D eigenvalue weighted by Gasteiger charge is -2.23. The zero-order valence-electron chi connectivity index (χ0n) is 12.8. The van der Waals surface area contributed by atoms with Crippen molar-refractivity contribution in [2.75, 3.05) is 6.54 Å². The standard InChI is InChI=1S/C15H18ClN5O2/c1-2-7-20-9-10(16)13(19-20)14(22)21-8-3-4-12(21)11-5-6-17-15(23)18-11/h5-6,9,12H,2-4,7-8H2,1H3,(H,17,18,23)/t12-/m1/s1. The second-order valence-corrected chi connectivity index (χ2v) is 5.98. The Morgan fingerprint density at radius 2 is 2.35 bits per heavy atom. The van der Waals surface area contributed by atoms with E-state index in [-0.39, 0.29) is 17.6 Å². The van der Waals surface area contributed by atoms with Crippen LogP contribution in [0.4, 0.5) is 0 Å². The SMILES string of the molecule is CCCn1cc(Cl)c(C(=O)N2CCC[C@@H]2c2ccnc(=O)[nH]2)n1. The largest absolute Gasteiger partial charge is 0.345 e. The van der Waals surface area contributed by atoms with Crippen LogP contribution in [0.2, 0.25) is 5.02 Å². The summed E-state index contributed by atoms with van der Waals surface area (Å²) >= 11 is 6.17. The van der Waals surface area contributed by atoms with Gasteiger partial charge in [-0.1, -0.05) is 18.5 Å². The van der Waals surface area contributed by atoms with Crippen LogP contribution in [0.5, 0.6) is 0 Å². The van der Waals surface area contributed by atoms with E-state index in [1.165, 1.54) is 6.20 Å². The number of aryl methyl sites for hydroxylation is 1. The van der Waals surface area contributed by atoms with E-state index in [1.807, 2.05) is 6.92 Å². The number of hydrogen-bond donors (Lipinski definition) is 1. The van der Waals surface area contributed by atoms with Crippen molar-refractivity contribution in [3.05, 3.63) is 45.4 Å². The van der Waals surface area contributed by atoms with Crippen molar-refractivity contribution < 1.29 is 4.79 Å². The van der Waals surface area contributed by atoms with Gasteiger partial charge in [0, 0.05) is 31.2 Å². The van der Waals surface area contributed by atoms with Crippen LogP contribution in [0, 0.1) is 0 Å². The summed E-state index contributed by atoms with van der Waals surface area (Å²) in [5, 5.41) is 4.66. The summed E-state index contributed by atoms with van der Waals surface area (Å²) in [6.07, 6.45) is 5.71. The number of halogens is 1. The zero-order valence-corrected chi connectivity index (χ0v) is 13.6. The molecule has 0 spiro atoms. The van der Waals surface area contributed by atoms with Crippen molar-refractivity contribution in [1.29, 1.82) is 0 Å². The number of carbonyl (C=O) groups is 1. The smallest absolute Gasteiger partial charge is 0.329 e. The normalized spacial score (nSPS) is 17.7. The zero-order chi connectivity index (χ0) is 16.4. The van der Waals surface area contributed by atoms with Crippen molar-refractivity contribution in [2.24, 2.45) is 0 Å². The molecule has 0 radical (unpaired) electrons. The molecule has 0 aromatic carbocycles. The van der Waals surface area contributed by atoms with Gasteiger partial charge in [-0.05, 0) is 25.3 Å². The average molecular weight is 336 g/mol. The predicted octanol–water partition coefficient (Wildman–Crippen LogP) is 2.01. The second kappa shape index (κ2) is 6.54. The molecule has 0 bridgehead atoms. The topological polar surface area (TPSA) is 83.9 Å². The summed E-state index contributed by atoms with van der Waals surface area (Å²) in [6.45, 7) is 3.37. The molecule has 1 aliphatic rings. The highest BCUT2D eigenvalue weighted by atomic mass is 35.5. The third-order valence-electron chi connectivity index (χ3n) is 3.94. The molecule has 3 heterocycles. The van der Waals surface area contributed by atoms with Gasteiger partial charge in [-0.25, -0.2) is 9.78 Å². The lowest BCUT2D eigenvalue weighted by Crippen LogP contribution is -2.32. The number of aromatic amines is 1. The van der Waals surface area contributed by atoms with Crippen LogP contribution >= 0.6 is 11.6 Å². The van der Waals surface area contributed by atoms with E-state index >= 15 is 0 Å². The van der Waals surface area contributed by atoms with Crippen LogP contribution in [0.1, 0.15) is 48.4 Å². The quantitative estimate of drug-likeness (QED) is 0.926. The highest BCUT2D eigenvalue weighted by molar-refractivity contribution is 6.33. The van der Waals surface area contributed by atoms with Gasteiger partial charge in [0.1, 0.15) is 0 Å². The van der Waals surface area contributed by atoms with E-state index in [4.69, 9.17) is 11.6 Å². The Labute approximate surface area is 138 Å². The molecule has 122 valence electrons. The highest BCUT2D eigenvalue weighted by Gasteiger charge is 2.33. The Kier molecular flexibility index (Phi) is 4.47. The van der Waals surface area contributed by atoms with E-state index in [2.05, 4.69) is 15.1 Å². The highest BCUT2D eigenvalue weighted by Crippen LogP contribution is 2.32. The number of amides is 1. The molecule has 23 heavy (non-hydrogen) atoms. The van der Waals surface area contributed by atoms with Crippen molar-refractivity contribution >= 4 is 17.5 Å². The maximum atomic E-state index is 12.8. The first-order valence-corrected chi connectivity index (χ1v) is 8.07. The number of aromatic nitrogens is 4. The molecule has 7 nitrogen and oxygen atoms in total. The summed E-state index contributed by atoms with van der Waals surface area (Å²) in [7, 11) is 0. The summed E-state index contributed by atoms with van der Waals surface area (Å²) < 4.78 is 1.69. The van der Waals surface area contributed by atoms with E-state index < -0.39 is 5.69 Å². The first-order valence-electron chi connectivity index (χ1n) is 7.69. The third kappa shape index (κ3) is 3.14. The number of likely N-dealkylation sites (tertiary alicyclic amines) is 1. The Morgan fingerprint density at radius 1 is 1.52 bits per heavy atom. The van der Waals surface area contributed by atoms with E-state index in [1.54, 1.807) is 21.8 Å². The van der Waals surface area contributed by atoms with Gasteiger partial charge < -0.3 is 9.88 Å². The van der Waals surface area contributed by atoms with Gasteiger partial charge in [0.15, 0.2) is 5.69 Å². The lowest BCUT2D eigenvalue weighted by molar-refractivity contribution is 0.0726. The summed E-state index contributed by atoms with van der Waals surface area (Å²) in [5.74, 6) is -0.204. The number of nitrogens with zero attached hydrogens (tertiary/aromatic N) is 4. The van der Waals surface area contributed by atoms with Crippen LogP contribution in [0.25, 0.3) is 0 Å². The van der Waals surface area contributed by atoms with Crippen molar-refractivity contribution in [1.82, 2.24) is 24.6 Å². The lowest BCUT2D eigenvalue weighted by atomic mass is 10.1. The third-order valence-corrected chi connectivity index (χ3v) is 4.22. The molecular formula is C15H18ClN5O2. The average Bonchev–Trinajstić information content (AvgIpc) is 3.14. The maximum Gasteiger partial charge on any atom is 0.345 e. The number of hydrogen-bond acceptors (Lipinski definition) is 4.